The molecular formula is C33H40ClN3O3S. The van der Waals surface area contributed by atoms with Crippen LogP contribution in [0.1, 0.15) is 92.1 Å². The number of amides is 1. The van der Waals surface area contributed by atoms with Gasteiger partial charge in [0, 0.05) is 16.3 Å². The first kappa shape index (κ1) is 30.8. The molecule has 41 heavy (non-hydrogen) atoms. The Labute approximate surface area is 249 Å². The molecule has 0 spiro atoms. The molecule has 0 saturated heterocycles. The molecule has 1 aliphatic carbocycles. The predicted octanol–water partition coefficient (Wildman–Crippen LogP) is 8.43. The minimum absolute atomic E-state index is 0.0859. The van der Waals surface area contributed by atoms with Gasteiger partial charge in [-0.1, -0.05) is 92.9 Å². The Hall–Kier alpha value is -3.16. The molecule has 0 bridgehead atoms. The number of hydrogen-bond donors (Lipinski definition) is 1. The molecule has 3 aromatic carbocycles. The predicted molar refractivity (Wildman–Crippen MR) is 168 cm³/mol. The van der Waals surface area contributed by atoms with Crippen molar-refractivity contribution >= 4 is 38.9 Å². The number of hydrazone groups is 1. The van der Waals surface area contributed by atoms with Crippen molar-refractivity contribution < 1.29 is 13.2 Å². The number of sulfonamides is 1. The van der Waals surface area contributed by atoms with Crippen LogP contribution in [-0.2, 0) is 16.6 Å². The van der Waals surface area contributed by atoms with E-state index in [1.807, 2.05) is 6.92 Å². The van der Waals surface area contributed by atoms with E-state index in [0.717, 1.165) is 37.0 Å². The monoisotopic (exact) mass is 593 g/mol. The van der Waals surface area contributed by atoms with Gasteiger partial charge in [0.2, 0.25) is 0 Å². The number of hydrogen-bond acceptors (Lipinski definition) is 4. The number of benzene rings is 3. The molecule has 3 aromatic rings. The summed E-state index contributed by atoms with van der Waals surface area (Å²) < 4.78 is 28.8. The molecule has 6 nitrogen and oxygen atoms in total. The standard InChI is InChI=1S/C33H40ClN3O3S/c1-26-31(34)19-14-20-32(26)37(41(39,40)30-17-12-9-13-18-30)25-27-21-23-28(24-22-27)33(38)36-35-29-15-10-7-5-3-2-4-6-8-11-16-29/h9,12-14,17-24H,2-8,10-11,15-16,25H2,1H3,(H,36,38). The largest absolute Gasteiger partial charge is 0.271 e. The number of anilines is 1. The fraction of sp³-hybridized carbons (Fsp3) is 0.394. The highest BCUT2D eigenvalue weighted by atomic mass is 35.5. The lowest BCUT2D eigenvalue weighted by Gasteiger charge is -2.26. The van der Waals surface area contributed by atoms with Crippen LogP contribution in [0.3, 0.4) is 0 Å². The van der Waals surface area contributed by atoms with Crippen LogP contribution >= 0.6 is 11.6 Å². The quantitative estimate of drug-likeness (QED) is 0.279. The summed E-state index contributed by atoms with van der Waals surface area (Å²) in [6, 6.07) is 20.6. The normalized spacial score (nSPS) is 15.3. The molecule has 8 heteroatoms. The molecule has 1 fully saturated rings. The first-order valence-electron chi connectivity index (χ1n) is 14.6. The summed E-state index contributed by atoms with van der Waals surface area (Å²) in [6.07, 6.45) is 13.0. The van der Waals surface area contributed by atoms with Gasteiger partial charge in [0.15, 0.2) is 0 Å². The van der Waals surface area contributed by atoms with Gasteiger partial charge in [0.25, 0.3) is 15.9 Å². The molecule has 4 rings (SSSR count). The molecule has 1 N–H and O–H groups in total. The van der Waals surface area contributed by atoms with Gasteiger partial charge in [0.1, 0.15) is 0 Å². The summed E-state index contributed by atoms with van der Waals surface area (Å²) in [7, 11) is -3.88. The number of carbonyl (C=O) groups is 1. The van der Waals surface area contributed by atoms with Gasteiger partial charge < -0.3 is 0 Å². The number of nitrogens with zero attached hydrogens (tertiary/aromatic N) is 2. The van der Waals surface area contributed by atoms with Crippen LogP contribution in [0.15, 0.2) is 82.8 Å². The minimum atomic E-state index is -3.88. The van der Waals surface area contributed by atoms with E-state index in [1.54, 1.807) is 72.8 Å². The first-order chi connectivity index (χ1) is 19.9. The fourth-order valence-electron chi connectivity index (χ4n) is 5.14. The summed E-state index contributed by atoms with van der Waals surface area (Å²) in [5.41, 5.74) is 6.22. The van der Waals surface area contributed by atoms with E-state index >= 15 is 0 Å². The third-order valence-corrected chi connectivity index (χ3v) is 9.81. The van der Waals surface area contributed by atoms with Gasteiger partial charge in [-0.05, 0) is 80.1 Å². The number of nitrogens with one attached hydrogen (secondary N) is 1. The van der Waals surface area contributed by atoms with Crippen LogP contribution in [0.5, 0.6) is 0 Å². The molecule has 0 atom stereocenters. The summed E-state index contributed by atoms with van der Waals surface area (Å²) in [4.78, 5) is 13.1. The lowest BCUT2D eigenvalue weighted by atomic mass is 10.00. The van der Waals surface area contributed by atoms with Crippen LogP contribution in [0, 0.1) is 6.92 Å². The van der Waals surface area contributed by atoms with Crippen molar-refractivity contribution in [3.8, 4) is 0 Å². The van der Waals surface area contributed by atoms with E-state index in [4.69, 9.17) is 11.6 Å². The van der Waals surface area contributed by atoms with Gasteiger partial charge in [-0.2, -0.15) is 5.10 Å². The molecule has 1 amide bonds. The summed E-state index contributed by atoms with van der Waals surface area (Å²) in [5.74, 6) is -0.269. The molecule has 1 aliphatic rings. The zero-order valence-electron chi connectivity index (χ0n) is 23.8. The zero-order valence-corrected chi connectivity index (χ0v) is 25.4. The second-order valence-electron chi connectivity index (χ2n) is 10.7. The van der Waals surface area contributed by atoms with Gasteiger partial charge in [0.05, 0.1) is 17.1 Å². The van der Waals surface area contributed by atoms with Crippen molar-refractivity contribution in [3.05, 3.63) is 94.5 Å². The molecule has 0 aliphatic heterocycles. The Morgan fingerprint density at radius 2 is 1.39 bits per heavy atom. The van der Waals surface area contributed by atoms with E-state index in [-0.39, 0.29) is 17.3 Å². The third kappa shape index (κ3) is 8.66. The summed E-state index contributed by atoms with van der Waals surface area (Å²) >= 11 is 6.37. The molecule has 218 valence electrons. The molecule has 0 heterocycles. The highest BCUT2D eigenvalue weighted by molar-refractivity contribution is 7.92. The molecular weight excluding hydrogens is 554 g/mol. The Bertz CT molecular complexity index is 1410. The van der Waals surface area contributed by atoms with Crippen LogP contribution in [0.2, 0.25) is 5.02 Å². The molecule has 1 saturated carbocycles. The number of carbonyl (C=O) groups excluding carboxylic acids is 1. The SMILES string of the molecule is Cc1c(Cl)cccc1N(Cc1ccc(C(=O)NN=C2CCCCCCCCCCC2)cc1)S(=O)(=O)c1ccccc1. The average molecular weight is 594 g/mol. The van der Waals surface area contributed by atoms with Crippen LogP contribution in [-0.4, -0.2) is 20.0 Å². The van der Waals surface area contributed by atoms with Crippen molar-refractivity contribution in [1.82, 2.24) is 5.43 Å². The van der Waals surface area contributed by atoms with Crippen molar-refractivity contribution in [1.29, 1.82) is 0 Å². The maximum absolute atomic E-state index is 13.7. The minimum Gasteiger partial charge on any atom is -0.267 e. The Morgan fingerprint density at radius 3 is 2.00 bits per heavy atom. The third-order valence-electron chi connectivity index (χ3n) is 7.63. The average Bonchev–Trinajstić information content (AvgIpc) is 2.98. The molecule has 0 unspecified atom stereocenters. The lowest BCUT2D eigenvalue weighted by molar-refractivity contribution is 0.0954. The van der Waals surface area contributed by atoms with Crippen molar-refractivity contribution in [2.45, 2.75) is 89.0 Å². The lowest BCUT2D eigenvalue weighted by Crippen LogP contribution is -2.31. The van der Waals surface area contributed by atoms with Crippen LogP contribution < -0.4 is 9.73 Å². The second kappa shape index (κ2) is 15.2. The maximum atomic E-state index is 13.7. The Morgan fingerprint density at radius 1 is 0.805 bits per heavy atom. The maximum Gasteiger partial charge on any atom is 0.271 e. The van der Waals surface area contributed by atoms with E-state index < -0.39 is 10.0 Å². The van der Waals surface area contributed by atoms with E-state index in [2.05, 4.69) is 10.5 Å². The van der Waals surface area contributed by atoms with E-state index in [1.165, 1.54) is 49.3 Å². The first-order valence-corrected chi connectivity index (χ1v) is 16.5. The Balaban J connectivity index is 1.49. The molecule has 0 radical (unpaired) electrons. The summed E-state index contributed by atoms with van der Waals surface area (Å²) in [5, 5.41) is 4.99. The van der Waals surface area contributed by atoms with E-state index in [0.29, 0.717) is 21.8 Å². The van der Waals surface area contributed by atoms with E-state index in [9.17, 15) is 13.2 Å². The van der Waals surface area contributed by atoms with Crippen molar-refractivity contribution in [2.75, 3.05) is 4.31 Å². The smallest absolute Gasteiger partial charge is 0.267 e. The fourth-order valence-corrected chi connectivity index (χ4v) is 6.84. The van der Waals surface area contributed by atoms with Gasteiger partial charge >= 0.3 is 0 Å². The van der Waals surface area contributed by atoms with Gasteiger partial charge in [-0.15, -0.1) is 0 Å². The second-order valence-corrected chi connectivity index (χ2v) is 13.0. The number of halogens is 1. The highest BCUT2D eigenvalue weighted by Crippen LogP contribution is 2.32. The van der Waals surface area contributed by atoms with Crippen LogP contribution in [0.4, 0.5) is 5.69 Å². The van der Waals surface area contributed by atoms with Crippen molar-refractivity contribution in [3.63, 3.8) is 0 Å². The molecule has 0 aromatic heterocycles. The summed E-state index contributed by atoms with van der Waals surface area (Å²) in [6.45, 7) is 1.89. The van der Waals surface area contributed by atoms with Crippen molar-refractivity contribution in [2.24, 2.45) is 5.10 Å². The number of rotatable bonds is 7. The van der Waals surface area contributed by atoms with Gasteiger partial charge in [-0.25, -0.2) is 13.8 Å². The van der Waals surface area contributed by atoms with Crippen LogP contribution in [0.25, 0.3) is 0 Å². The topological polar surface area (TPSA) is 78.8 Å². The highest BCUT2D eigenvalue weighted by Gasteiger charge is 2.27. The Kier molecular flexibility index (Phi) is 11.4. The van der Waals surface area contributed by atoms with Gasteiger partial charge in [-0.3, -0.25) is 9.10 Å². The zero-order chi connectivity index (χ0) is 29.1.